The molecule has 0 saturated carbocycles. The summed E-state index contributed by atoms with van der Waals surface area (Å²) in [5.74, 6) is 0. The Balaban J connectivity index is -0.0000000383. The maximum absolute atomic E-state index is 8.52. The Hall–Kier alpha value is 2.74. The normalized spacial score (nSPS) is 8.55. The first-order valence-electron chi connectivity index (χ1n) is 1.32. The molecule has 0 bridgehead atoms. The van der Waals surface area contributed by atoms with Crippen LogP contribution in [0.5, 0.6) is 0 Å². The van der Waals surface area contributed by atoms with E-state index in [-0.39, 0.29) is 59.1 Å². The molecular weight excluding hydrogens is 260 g/mol. The second kappa shape index (κ2) is 12.7. The van der Waals surface area contributed by atoms with E-state index in [0.29, 0.717) is 0 Å². The summed E-state index contributed by atoms with van der Waals surface area (Å²) in [6.45, 7) is 0. The second-order valence-corrected chi connectivity index (χ2v) is 3.45. The Morgan fingerprint density at radius 2 is 1.00 bits per heavy atom. The number of rotatable bonds is 0. The van der Waals surface area contributed by atoms with Gasteiger partial charge in [-0.3, -0.25) is 8.42 Å². The molecule has 0 aliphatic rings. The molecule has 4 nitrogen and oxygen atoms in total. The van der Waals surface area contributed by atoms with Gasteiger partial charge in [0.05, 0.1) is 0 Å². The zero-order valence-corrected chi connectivity index (χ0v) is 12.8. The monoisotopic (exact) mass is 260 g/mol. The molecule has 11 heavy (non-hydrogen) atoms. The largest absolute Gasteiger partial charge is 1.00 e. The van der Waals surface area contributed by atoms with Crippen molar-refractivity contribution < 1.29 is 76.6 Å². The van der Waals surface area contributed by atoms with Crippen LogP contribution in [0.4, 0.5) is 0 Å². The molecular formula is CHCl3Na2O4S. The maximum Gasteiger partial charge on any atom is 1.00 e. The van der Waals surface area contributed by atoms with Crippen molar-refractivity contribution in [3.8, 4) is 0 Å². The van der Waals surface area contributed by atoms with Crippen LogP contribution in [0.3, 0.4) is 0 Å². The molecule has 0 aromatic rings. The van der Waals surface area contributed by atoms with Crippen molar-refractivity contribution >= 4 is 45.2 Å². The molecule has 0 radical (unpaired) electrons. The summed E-state index contributed by atoms with van der Waals surface area (Å²) in [6, 6.07) is 0. The van der Waals surface area contributed by atoms with Crippen LogP contribution < -0.4 is 59.1 Å². The maximum atomic E-state index is 8.52. The fourth-order valence-corrected chi connectivity index (χ4v) is 0. The van der Waals surface area contributed by atoms with Crippen LogP contribution >= 0.6 is 34.8 Å². The number of hydrogen-bond donors (Lipinski definition) is 0. The molecule has 0 aliphatic heterocycles. The SMILES string of the molecule is ClC(Cl)Cl.O=S(=O)([O-])[O-].[Na+].[Na+]. The van der Waals surface area contributed by atoms with E-state index in [1.807, 2.05) is 0 Å². The third-order valence-corrected chi connectivity index (χ3v) is 0. The van der Waals surface area contributed by atoms with E-state index in [9.17, 15) is 0 Å². The molecule has 0 fully saturated rings. The molecule has 0 amide bonds. The second-order valence-electron chi connectivity index (χ2n) is 0.656. The summed E-state index contributed by atoms with van der Waals surface area (Å²) in [5, 5.41) is 0. The van der Waals surface area contributed by atoms with E-state index in [1.165, 1.54) is 0 Å². The molecule has 58 valence electrons. The zero-order chi connectivity index (χ0) is 8.08. The van der Waals surface area contributed by atoms with Crippen molar-refractivity contribution in [3.05, 3.63) is 0 Å². The topological polar surface area (TPSA) is 80.3 Å². The van der Waals surface area contributed by atoms with Gasteiger partial charge in [0.25, 0.3) is 0 Å². The van der Waals surface area contributed by atoms with E-state index in [4.69, 9.17) is 52.3 Å². The van der Waals surface area contributed by atoms with E-state index >= 15 is 0 Å². The average Bonchev–Trinajstić information content (AvgIpc) is 1.19. The first-order valence-corrected chi connectivity index (χ1v) is 3.96. The van der Waals surface area contributed by atoms with Crippen LogP contribution in [0.25, 0.3) is 0 Å². The van der Waals surface area contributed by atoms with Gasteiger partial charge in [0.2, 0.25) is 0 Å². The predicted octanol–water partition coefficient (Wildman–Crippen LogP) is -5.34. The molecule has 0 aliphatic carbocycles. The van der Waals surface area contributed by atoms with Crippen molar-refractivity contribution in [3.63, 3.8) is 0 Å². The Bertz CT molecular complexity index is 135. The Labute approximate surface area is 124 Å². The van der Waals surface area contributed by atoms with Crippen molar-refractivity contribution in [2.24, 2.45) is 0 Å². The third kappa shape index (κ3) is 196. The smallest absolute Gasteiger partial charge is 0.759 e. The Morgan fingerprint density at radius 1 is 1.00 bits per heavy atom. The van der Waals surface area contributed by atoms with Crippen LogP contribution in [0.2, 0.25) is 0 Å². The van der Waals surface area contributed by atoms with Gasteiger partial charge < -0.3 is 9.11 Å². The van der Waals surface area contributed by atoms with Crippen molar-refractivity contribution in [1.82, 2.24) is 0 Å². The summed E-state index contributed by atoms with van der Waals surface area (Å²) < 4.78 is 33.3. The van der Waals surface area contributed by atoms with Crippen LogP contribution in [0.15, 0.2) is 0 Å². The average molecular weight is 261 g/mol. The van der Waals surface area contributed by atoms with E-state index in [2.05, 4.69) is 0 Å². The Morgan fingerprint density at radius 3 is 1.00 bits per heavy atom. The molecule has 0 saturated heterocycles. The minimum Gasteiger partial charge on any atom is -0.759 e. The molecule has 0 N–H and O–H groups in total. The van der Waals surface area contributed by atoms with Gasteiger partial charge in [0, 0.05) is 10.4 Å². The summed E-state index contributed by atoms with van der Waals surface area (Å²) in [5.41, 5.74) is 0. The molecule has 0 aromatic carbocycles. The minimum absolute atomic E-state index is 0. The summed E-state index contributed by atoms with van der Waals surface area (Å²) in [6.07, 6.45) is 0. The minimum atomic E-state index is -5.17. The van der Waals surface area contributed by atoms with Gasteiger partial charge in [-0.1, -0.05) is 34.8 Å². The van der Waals surface area contributed by atoms with Crippen LogP contribution in [-0.4, -0.2) is 21.8 Å². The fraction of sp³-hybridized carbons (Fsp3) is 1.00. The van der Waals surface area contributed by atoms with Crippen molar-refractivity contribution in [2.75, 3.05) is 0 Å². The quantitative estimate of drug-likeness (QED) is 0.189. The first kappa shape index (κ1) is 23.5. The van der Waals surface area contributed by atoms with Gasteiger partial charge in [-0.25, -0.2) is 0 Å². The standard InChI is InChI=1S/CHCl3.2Na.H2O4S/c2-1(3)4;;;1-5(2,3)4/h1H;;;(H2,1,2,3,4)/q;2*+1;/p-2. The number of alkyl halides is 3. The molecule has 0 heterocycles. The van der Waals surface area contributed by atoms with Gasteiger partial charge in [-0.2, -0.15) is 0 Å². The summed E-state index contributed by atoms with van der Waals surface area (Å²) >= 11 is 14.4. The van der Waals surface area contributed by atoms with Crippen molar-refractivity contribution in [2.45, 2.75) is 4.30 Å². The van der Waals surface area contributed by atoms with Crippen molar-refractivity contribution in [1.29, 1.82) is 0 Å². The molecule has 0 atom stereocenters. The van der Waals surface area contributed by atoms with Crippen LogP contribution in [0, 0.1) is 0 Å². The van der Waals surface area contributed by atoms with Crippen LogP contribution in [0.1, 0.15) is 0 Å². The van der Waals surface area contributed by atoms with Gasteiger partial charge in [-0.05, 0) is 0 Å². The number of hydrogen-bond acceptors (Lipinski definition) is 4. The van der Waals surface area contributed by atoms with Crippen LogP contribution in [-0.2, 0) is 10.4 Å². The molecule has 0 aromatic heterocycles. The van der Waals surface area contributed by atoms with Gasteiger partial charge >= 0.3 is 59.1 Å². The number of halogens is 3. The third-order valence-electron chi connectivity index (χ3n) is 0. The first-order chi connectivity index (χ1) is 3.73. The van der Waals surface area contributed by atoms with Gasteiger partial charge in [-0.15, -0.1) is 0 Å². The fourth-order valence-electron chi connectivity index (χ4n) is 0. The Kier molecular flexibility index (Phi) is 27.2. The molecule has 0 unspecified atom stereocenters. The predicted molar refractivity (Wildman–Crippen MR) is 31.8 cm³/mol. The van der Waals surface area contributed by atoms with Gasteiger partial charge in [0.15, 0.2) is 4.30 Å². The zero-order valence-electron chi connectivity index (χ0n) is 5.75. The molecule has 10 heteroatoms. The summed E-state index contributed by atoms with van der Waals surface area (Å²) in [7, 11) is -5.17. The van der Waals surface area contributed by atoms with E-state index in [1.54, 1.807) is 0 Å². The van der Waals surface area contributed by atoms with E-state index in [0.717, 1.165) is 0 Å². The van der Waals surface area contributed by atoms with E-state index < -0.39 is 14.7 Å². The summed E-state index contributed by atoms with van der Waals surface area (Å²) in [4.78, 5) is 0. The van der Waals surface area contributed by atoms with Gasteiger partial charge in [0.1, 0.15) is 0 Å². The molecule has 0 rings (SSSR count). The molecule has 0 spiro atoms.